The fourth-order valence-electron chi connectivity index (χ4n) is 10.1. The summed E-state index contributed by atoms with van der Waals surface area (Å²) in [5, 5.41) is 12.8. The number of nitrogens with one attached hydrogen (secondary N) is 4. The molecule has 0 spiro atoms. The number of rotatable bonds is 27. The van der Waals surface area contributed by atoms with Gasteiger partial charge in [0.15, 0.2) is 0 Å². The van der Waals surface area contributed by atoms with Crippen molar-refractivity contribution in [2.45, 2.75) is 94.9 Å². The molecule has 4 aromatic carbocycles. The molecule has 0 radical (unpaired) electrons. The summed E-state index contributed by atoms with van der Waals surface area (Å²) in [6, 6.07) is 27.6. The maximum absolute atomic E-state index is 14.0. The number of hydrogen-bond donors (Lipinski definition) is 6. The van der Waals surface area contributed by atoms with Crippen LogP contribution in [0.15, 0.2) is 107 Å². The summed E-state index contributed by atoms with van der Waals surface area (Å²) in [5.74, 6) is 1.47. The monoisotopic (exact) mass is 1120 g/mol. The van der Waals surface area contributed by atoms with Gasteiger partial charge >= 0.3 is 0 Å². The Morgan fingerprint density at radius 1 is 0.544 bits per heavy atom. The summed E-state index contributed by atoms with van der Waals surface area (Å²) in [6.45, 7) is 14.9. The van der Waals surface area contributed by atoms with Gasteiger partial charge in [-0.1, -0.05) is 102 Å². The maximum atomic E-state index is 14.0. The highest BCUT2D eigenvalue weighted by molar-refractivity contribution is 7.86. The van der Waals surface area contributed by atoms with Crippen LogP contribution in [-0.4, -0.2) is 139 Å². The van der Waals surface area contributed by atoms with Gasteiger partial charge in [0.2, 0.25) is 35.7 Å². The van der Waals surface area contributed by atoms with E-state index in [1.807, 2.05) is 70.5 Å². The molecule has 21 nitrogen and oxygen atoms in total. The van der Waals surface area contributed by atoms with E-state index in [0.717, 1.165) is 69.5 Å². The van der Waals surface area contributed by atoms with Crippen molar-refractivity contribution in [1.29, 1.82) is 0 Å². The van der Waals surface area contributed by atoms with Gasteiger partial charge in [-0.3, -0.25) is 9.11 Å². The van der Waals surface area contributed by atoms with Gasteiger partial charge in [-0.25, -0.2) is 0 Å². The molecule has 2 aromatic heterocycles. The van der Waals surface area contributed by atoms with Crippen molar-refractivity contribution in [3.8, 4) is 0 Å². The van der Waals surface area contributed by atoms with Gasteiger partial charge in [0.1, 0.15) is 15.8 Å². The molecule has 79 heavy (non-hydrogen) atoms. The fourth-order valence-corrected chi connectivity index (χ4v) is 11.5. The second kappa shape index (κ2) is 27.3. The van der Waals surface area contributed by atoms with Crippen LogP contribution in [0.3, 0.4) is 0 Å². The molecule has 2 saturated heterocycles. The topological polar surface area (TPSA) is 259 Å². The molecule has 422 valence electrons. The van der Waals surface area contributed by atoms with Gasteiger partial charge in [-0.2, -0.15) is 46.7 Å². The maximum Gasteiger partial charge on any atom is 0.295 e. The van der Waals surface area contributed by atoms with E-state index in [9.17, 15) is 25.9 Å². The Labute approximate surface area is 464 Å². The minimum absolute atomic E-state index is 0.0996. The molecule has 6 aromatic rings. The summed E-state index contributed by atoms with van der Waals surface area (Å²) in [5.41, 5.74) is 2.75. The third kappa shape index (κ3) is 15.7. The van der Waals surface area contributed by atoms with Crippen molar-refractivity contribution < 1.29 is 39.9 Å². The predicted molar refractivity (Wildman–Crippen MR) is 310 cm³/mol. The Morgan fingerprint density at radius 3 is 1.35 bits per heavy atom. The van der Waals surface area contributed by atoms with Crippen LogP contribution < -0.4 is 31.1 Å². The first kappa shape index (κ1) is 58.3. The summed E-state index contributed by atoms with van der Waals surface area (Å²) in [6.07, 6.45) is 8.37. The van der Waals surface area contributed by atoms with E-state index >= 15 is 0 Å². The van der Waals surface area contributed by atoms with Crippen LogP contribution in [0, 0.1) is 0 Å². The lowest BCUT2D eigenvalue weighted by molar-refractivity contribution is -0.944. The molecule has 1 unspecified atom stereocenters. The van der Waals surface area contributed by atoms with Gasteiger partial charge in [0.25, 0.3) is 20.2 Å². The van der Waals surface area contributed by atoms with Crippen LogP contribution in [-0.2, 0) is 29.7 Å². The van der Waals surface area contributed by atoms with E-state index < -0.39 is 36.1 Å². The number of nitrogens with zero attached hydrogens (tertiary/aromatic N) is 9. The lowest BCUT2D eigenvalue weighted by atomic mass is 9.88. The van der Waals surface area contributed by atoms with Gasteiger partial charge in [0, 0.05) is 66.5 Å². The SMILES string of the molecule is CCCC[N+](CCCC)(CCCC)C(CCC)/C(=C\c1ccc(Nc2nc(Nc3ccccc3)nc(N3CCOCC3)n2)cc1S(=O)(=O)O)c1ccc(Nc2nc(Nc3ccccc3)nc(N3CCOCC3)n2)cc1S(=O)(=O)O. The van der Waals surface area contributed by atoms with Crippen molar-refractivity contribution >= 4 is 90.3 Å². The molecular formula is C56H74N13O8S2+. The number of ether oxygens (including phenoxy) is 2. The second-order valence-corrected chi connectivity index (χ2v) is 22.5. The van der Waals surface area contributed by atoms with Crippen LogP contribution >= 0.6 is 0 Å². The Hall–Kier alpha value is -6.86. The Kier molecular flexibility index (Phi) is 20.2. The van der Waals surface area contributed by atoms with E-state index in [2.05, 4.69) is 58.9 Å². The standard InChI is InChI=1S/C56H73N13O8S2/c1-5-9-31-69(32-10-6-2,33-11-7-3)48(18-8-4)47(46-26-25-45(40-50(46)79(73,74)75)60-54-62-52(58-43-21-16-13-17-22-43)64-56(66-54)68-29-36-77-37-30-68)38-41-23-24-44(39-49(41)78(70,71)72)59-53-61-51(57-42-19-14-12-15-20-42)63-55(65-53)67-27-34-76-35-28-67/h12-17,19-26,38-40,48H,5-11,18,27-37H2,1-4H3,(H5-,57,58,59,60,61,62,63,64,65,66,70,71,72,73,74,75)/p+1/b47-38-. The Morgan fingerprint density at radius 2 is 0.949 bits per heavy atom. The van der Waals surface area contributed by atoms with Crippen LogP contribution in [0.2, 0.25) is 0 Å². The predicted octanol–water partition coefficient (Wildman–Crippen LogP) is 10.1. The molecule has 2 fully saturated rings. The quantitative estimate of drug-likeness (QED) is 0.0159. The molecule has 6 N–H and O–H groups in total. The lowest BCUT2D eigenvalue weighted by Crippen LogP contribution is -2.57. The number of hydrogen-bond acceptors (Lipinski definition) is 18. The van der Waals surface area contributed by atoms with Crippen molar-refractivity contribution in [3.63, 3.8) is 0 Å². The molecule has 2 aliphatic rings. The van der Waals surface area contributed by atoms with Gasteiger partial charge < -0.3 is 45.0 Å². The van der Waals surface area contributed by atoms with Gasteiger partial charge in [-0.05, 0) is 79.4 Å². The third-order valence-corrected chi connectivity index (χ3v) is 15.8. The molecule has 2 aliphatic heterocycles. The normalized spacial score (nSPS) is 14.9. The molecule has 1 atom stereocenters. The zero-order valence-corrected chi connectivity index (χ0v) is 47.1. The minimum Gasteiger partial charge on any atom is -0.378 e. The summed E-state index contributed by atoms with van der Waals surface area (Å²) in [7, 11) is -9.98. The molecule has 4 heterocycles. The van der Waals surface area contributed by atoms with E-state index in [4.69, 9.17) is 29.4 Å². The number of para-hydroxylation sites is 2. The first-order valence-corrected chi connectivity index (χ1v) is 30.2. The van der Waals surface area contributed by atoms with Crippen molar-refractivity contribution in [2.24, 2.45) is 0 Å². The van der Waals surface area contributed by atoms with Crippen molar-refractivity contribution in [2.75, 3.05) is 103 Å². The molecule has 0 amide bonds. The highest BCUT2D eigenvalue weighted by Gasteiger charge is 2.40. The number of morpholine rings is 2. The van der Waals surface area contributed by atoms with Gasteiger partial charge in [-0.15, -0.1) is 0 Å². The molecular weight excluding hydrogens is 1050 g/mol. The average Bonchev–Trinajstić information content (AvgIpc) is 3.61. The molecule has 0 saturated carbocycles. The van der Waals surface area contributed by atoms with Crippen LogP contribution in [0.1, 0.15) is 90.2 Å². The number of unbranched alkanes of at least 4 members (excludes halogenated alkanes) is 3. The highest BCUT2D eigenvalue weighted by atomic mass is 32.2. The van der Waals surface area contributed by atoms with Crippen LogP contribution in [0.25, 0.3) is 11.6 Å². The Bertz CT molecular complexity index is 3200. The first-order valence-electron chi connectivity index (χ1n) is 27.3. The largest absolute Gasteiger partial charge is 0.378 e. The summed E-state index contributed by atoms with van der Waals surface area (Å²) < 4.78 is 89.9. The summed E-state index contributed by atoms with van der Waals surface area (Å²) in [4.78, 5) is 31.3. The third-order valence-electron chi connectivity index (χ3n) is 14.0. The minimum atomic E-state index is -5.01. The van der Waals surface area contributed by atoms with E-state index in [-0.39, 0.29) is 46.3 Å². The summed E-state index contributed by atoms with van der Waals surface area (Å²) >= 11 is 0. The first-order chi connectivity index (χ1) is 38.2. The van der Waals surface area contributed by atoms with E-state index in [1.54, 1.807) is 30.3 Å². The second-order valence-electron chi connectivity index (χ2n) is 19.8. The number of benzene rings is 4. The molecule has 0 aliphatic carbocycles. The molecule has 23 heteroatoms. The number of quaternary nitrogens is 1. The van der Waals surface area contributed by atoms with E-state index in [0.29, 0.717) is 87.4 Å². The van der Waals surface area contributed by atoms with Crippen molar-refractivity contribution in [3.05, 3.63) is 108 Å². The molecule has 0 bridgehead atoms. The van der Waals surface area contributed by atoms with Crippen molar-refractivity contribution in [1.82, 2.24) is 29.9 Å². The average molecular weight is 1120 g/mol. The van der Waals surface area contributed by atoms with E-state index in [1.165, 1.54) is 12.1 Å². The highest BCUT2D eigenvalue weighted by Crippen LogP contribution is 2.40. The smallest absolute Gasteiger partial charge is 0.295 e. The zero-order valence-electron chi connectivity index (χ0n) is 45.5. The Balaban J connectivity index is 1.27. The zero-order chi connectivity index (χ0) is 55.8. The van der Waals surface area contributed by atoms with Gasteiger partial charge in [0.05, 0.1) is 46.1 Å². The lowest BCUT2D eigenvalue weighted by Gasteiger charge is -2.47. The van der Waals surface area contributed by atoms with Crippen LogP contribution in [0.5, 0.6) is 0 Å². The fraction of sp³-hybridized carbons (Fsp3) is 0.429. The molecule has 8 rings (SSSR count). The van der Waals surface area contributed by atoms with Crippen LogP contribution in [0.4, 0.5) is 58.4 Å². The number of anilines is 10. The number of aromatic nitrogens is 6.